The molecule has 1 fully saturated rings. The minimum atomic E-state index is -1.13. The fraction of sp³-hybridized carbons (Fsp3) is 0.389. The lowest BCUT2D eigenvalue weighted by molar-refractivity contribution is -0.946. The third-order valence-corrected chi connectivity index (χ3v) is 6.34. The lowest BCUT2D eigenvalue weighted by atomic mass is 10.2. The Morgan fingerprint density at radius 3 is 2.38 bits per heavy atom. The summed E-state index contributed by atoms with van der Waals surface area (Å²) in [5.74, 6) is 0.858. The number of hydrogen-bond acceptors (Lipinski definition) is 3. The molecule has 2 aliphatic rings. The van der Waals surface area contributed by atoms with Crippen molar-refractivity contribution >= 4 is 22.3 Å². The van der Waals surface area contributed by atoms with Gasteiger partial charge in [0.1, 0.15) is 32.0 Å². The molecule has 8 nitrogen and oxygen atoms in total. The average molecular weight is 469 g/mol. The van der Waals surface area contributed by atoms with Gasteiger partial charge in [-0.15, -0.1) is 0 Å². The van der Waals surface area contributed by atoms with Gasteiger partial charge in [-0.25, -0.2) is 9.19 Å². The second-order valence-electron chi connectivity index (χ2n) is 6.43. The van der Waals surface area contributed by atoms with Crippen LogP contribution in [0.2, 0.25) is 0 Å². The van der Waals surface area contributed by atoms with E-state index in [4.69, 9.17) is 0 Å². The van der Waals surface area contributed by atoms with Crippen LogP contribution in [0.3, 0.4) is 0 Å². The van der Waals surface area contributed by atoms with Crippen molar-refractivity contribution in [3.8, 4) is 0 Å². The Balaban J connectivity index is 0. The van der Waals surface area contributed by atoms with Gasteiger partial charge in [0.05, 0.1) is 32.8 Å². The molecule has 0 radical (unpaired) electrons. The number of rotatable bonds is 4. The van der Waals surface area contributed by atoms with E-state index in [2.05, 4.69) is 21.3 Å². The second-order valence-corrected chi connectivity index (χ2v) is 7.85. The standard InChI is InChI=1S/C18H22N4OS.2ClH.3H2O/c23-24-16-6-2-1-5-15(16)22(18-17(24)7-3-8-20-18)12-4-11-21-13-9-19-10-14-21;;;;;/h1-3,5-8,19H,4,9-14H2;2*1H;3*1H2. The molecule has 1 aromatic carbocycles. The Hall–Kier alpha value is -1.30. The summed E-state index contributed by atoms with van der Waals surface area (Å²) >= 11 is 0. The Morgan fingerprint density at radius 2 is 1.66 bits per heavy atom. The fourth-order valence-corrected chi connectivity index (χ4v) is 4.98. The Kier molecular flexibility index (Phi) is 14.3. The monoisotopic (exact) mass is 468 g/mol. The number of benzene rings is 1. The maximum absolute atomic E-state index is 12.8. The molecule has 1 saturated heterocycles. The quantitative estimate of drug-likeness (QED) is 0.458. The summed E-state index contributed by atoms with van der Waals surface area (Å²) in [4.78, 5) is 10.2. The minimum absolute atomic E-state index is 0. The molecule has 0 spiro atoms. The van der Waals surface area contributed by atoms with Gasteiger partial charge in [-0.2, -0.15) is 0 Å². The van der Waals surface area contributed by atoms with Crippen molar-refractivity contribution in [1.29, 1.82) is 0 Å². The van der Waals surface area contributed by atoms with Crippen molar-refractivity contribution in [2.45, 2.75) is 16.2 Å². The van der Waals surface area contributed by atoms with Crippen LogP contribution in [0.5, 0.6) is 0 Å². The summed E-state index contributed by atoms with van der Waals surface area (Å²) in [7, 11) is -1.13. The number of piperazine rings is 1. The maximum Gasteiger partial charge on any atom is 0.149 e. The fourth-order valence-electron chi connectivity index (χ4n) is 3.64. The van der Waals surface area contributed by atoms with E-state index in [1.807, 2.05) is 30.3 Å². The van der Waals surface area contributed by atoms with Gasteiger partial charge in [-0.1, -0.05) is 12.1 Å². The molecule has 2 aromatic rings. The van der Waals surface area contributed by atoms with Crippen molar-refractivity contribution < 1.29 is 55.7 Å². The molecule has 0 aliphatic carbocycles. The molecule has 11 heteroatoms. The van der Waals surface area contributed by atoms with Gasteiger partial charge < -0.3 is 56.4 Å². The third-order valence-electron chi connectivity index (χ3n) is 4.88. The summed E-state index contributed by atoms with van der Waals surface area (Å²) < 4.78 is 12.8. The van der Waals surface area contributed by atoms with Gasteiger partial charge in [0.2, 0.25) is 0 Å². The van der Waals surface area contributed by atoms with Crippen LogP contribution in [0.1, 0.15) is 6.42 Å². The van der Waals surface area contributed by atoms with Crippen LogP contribution in [0.25, 0.3) is 0 Å². The predicted molar refractivity (Wildman–Crippen MR) is 105 cm³/mol. The van der Waals surface area contributed by atoms with Gasteiger partial charge in [0, 0.05) is 19.2 Å². The van der Waals surface area contributed by atoms with E-state index >= 15 is 0 Å². The number of halogens is 2. The first-order valence-corrected chi connectivity index (χ1v) is 9.88. The average Bonchev–Trinajstić information content (AvgIpc) is 2.65. The molecule has 1 aromatic heterocycles. The highest BCUT2D eigenvalue weighted by Gasteiger charge is 2.28. The molecule has 9 N–H and O–H groups in total. The maximum atomic E-state index is 12.8. The zero-order valence-corrected chi connectivity index (χ0v) is 18.4. The lowest BCUT2D eigenvalue weighted by Crippen LogP contribution is -3.20. The van der Waals surface area contributed by atoms with Crippen molar-refractivity contribution in [1.82, 2.24) is 4.98 Å². The van der Waals surface area contributed by atoms with Gasteiger partial charge in [-0.3, -0.25) is 0 Å². The van der Waals surface area contributed by atoms with Crippen LogP contribution in [0.4, 0.5) is 11.5 Å². The van der Waals surface area contributed by atoms with Crippen molar-refractivity contribution in [2.75, 3.05) is 44.2 Å². The van der Waals surface area contributed by atoms with Crippen LogP contribution in [-0.4, -0.2) is 64.9 Å². The first kappa shape index (κ1) is 29.9. The molecular weight excluding hydrogens is 439 g/mol. The normalized spacial score (nSPS) is 17.0. The highest BCUT2D eigenvalue weighted by Crippen LogP contribution is 2.40. The highest BCUT2D eigenvalue weighted by atomic mass is 35.5. The Labute approximate surface area is 185 Å². The number of para-hydroxylation sites is 1. The smallest absolute Gasteiger partial charge is 0.149 e. The summed E-state index contributed by atoms with van der Waals surface area (Å²) in [5, 5.41) is 2.40. The number of aromatic nitrogens is 1. The number of quaternary nitrogens is 2. The third kappa shape index (κ3) is 6.34. The molecule has 0 bridgehead atoms. The Bertz CT molecular complexity index is 717. The van der Waals surface area contributed by atoms with E-state index in [1.165, 1.54) is 32.7 Å². The first-order chi connectivity index (χ1) is 11.8. The number of hydrogen-bond donors (Lipinski definition) is 2. The molecule has 1 unspecified atom stereocenters. The lowest BCUT2D eigenvalue weighted by Gasteiger charge is -2.32. The summed E-state index contributed by atoms with van der Waals surface area (Å²) in [6.45, 7) is 7.12. The van der Waals surface area contributed by atoms with Crippen molar-refractivity contribution in [3.05, 3.63) is 42.6 Å². The molecular formula is C18H30Cl2N4O4S. The van der Waals surface area contributed by atoms with E-state index in [0.717, 1.165) is 34.3 Å². The van der Waals surface area contributed by atoms with E-state index in [-0.39, 0.29) is 41.2 Å². The van der Waals surface area contributed by atoms with E-state index < -0.39 is 10.8 Å². The number of anilines is 2. The van der Waals surface area contributed by atoms with Gasteiger partial charge in [0.25, 0.3) is 0 Å². The van der Waals surface area contributed by atoms with Gasteiger partial charge in [-0.05, 0) is 24.3 Å². The number of nitrogens with zero attached hydrogens (tertiary/aromatic N) is 2. The van der Waals surface area contributed by atoms with Crippen LogP contribution >= 0.6 is 0 Å². The van der Waals surface area contributed by atoms with Crippen molar-refractivity contribution in [2.24, 2.45) is 0 Å². The summed E-state index contributed by atoms with van der Waals surface area (Å²) in [6, 6.07) is 11.8. The topological polar surface area (TPSA) is 149 Å². The molecule has 0 saturated carbocycles. The zero-order valence-electron chi connectivity index (χ0n) is 16.0. The molecule has 166 valence electrons. The van der Waals surface area contributed by atoms with E-state index in [0.29, 0.717) is 0 Å². The zero-order chi connectivity index (χ0) is 16.4. The number of nitrogens with one attached hydrogen (secondary N) is 1. The molecule has 0 amide bonds. The number of fused-ring (bicyclic) bond motifs is 2. The highest BCUT2D eigenvalue weighted by molar-refractivity contribution is 7.85. The minimum Gasteiger partial charge on any atom is -1.00 e. The van der Waals surface area contributed by atoms with Crippen molar-refractivity contribution in [3.63, 3.8) is 0 Å². The van der Waals surface area contributed by atoms with Gasteiger partial charge in [0.15, 0.2) is 0 Å². The van der Waals surface area contributed by atoms with Crippen LogP contribution in [-0.2, 0) is 10.8 Å². The Morgan fingerprint density at radius 1 is 1.00 bits per heavy atom. The molecule has 4 rings (SSSR count). The van der Waals surface area contributed by atoms with Gasteiger partial charge >= 0.3 is 0 Å². The second kappa shape index (κ2) is 13.8. The SMILES string of the molecule is O.O.O.O=S1c2ccccc2N(CCC[NH+]2CC[NH2+]CC2)c2ncccc21.[Cl-].[Cl-]. The van der Waals surface area contributed by atoms with E-state index in [9.17, 15) is 4.21 Å². The predicted octanol–water partition coefficient (Wildman–Crippen LogP) is -8.91. The molecule has 2 aliphatic heterocycles. The number of nitrogens with two attached hydrogens (primary N) is 1. The molecule has 29 heavy (non-hydrogen) atoms. The van der Waals surface area contributed by atoms with Crippen LogP contribution < -0.4 is 39.9 Å². The van der Waals surface area contributed by atoms with Crippen LogP contribution in [0, 0.1) is 0 Å². The molecule has 3 heterocycles. The van der Waals surface area contributed by atoms with Crippen LogP contribution in [0.15, 0.2) is 52.4 Å². The number of pyridine rings is 1. The summed E-state index contributed by atoms with van der Waals surface area (Å²) in [5.41, 5.74) is 1.05. The molecule has 1 atom stereocenters. The first-order valence-electron chi connectivity index (χ1n) is 8.73. The largest absolute Gasteiger partial charge is 1.00 e. The van der Waals surface area contributed by atoms with E-state index in [1.54, 1.807) is 11.1 Å². The summed E-state index contributed by atoms with van der Waals surface area (Å²) in [6.07, 6.45) is 2.91.